The van der Waals surface area contributed by atoms with Crippen LogP contribution in [0.15, 0.2) is 58.1 Å². The molecule has 0 spiro atoms. The summed E-state index contributed by atoms with van der Waals surface area (Å²) in [7, 11) is 0. The van der Waals surface area contributed by atoms with Gasteiger partial charge in [0.1, 0.15) is 5.76 Å². The monoisotopic (exact) mass is 425 g/mol. The number of nitrogens with one attached hydrogen (secondary N) is 1. The summed E-state index contributed by atoms with van der Waals surface area (Å²) < 4.78 is 17.3. The molecular weight excluding hydrogens is 390 g/mol. The third-order valence-electron chi connectivity index (χ3n) is 6.02. The molecule has 2 aliphatic rings. The van der Waals surface area contributed by atoms with Gasteiger partial charge in [-0.1, -0.05) is 30.3 Å². The average Bonchev–Trinajstić information content (AvgIpc) is 3.52. The van der Waals surface area contributed by atoms with Gasteiger partial charge in [0.05, 0.1) is 25.1 Å². The number of ether oxygens (including phenoxy) is 2. The van der Waals surface area contributed by atoms with Gasteiger partial charge in [0.2, 0.25) is 0 Å². The van der Waals surface area contributed by atoms with E-state index in [0.29, 0.717) is 12.2 Å². The Bertz CT molecular complexity index is 765. The van der Waals surface area contributed by atoms with Gasteiger partial charge < -0.3 is 24.1 Å². The number of hydrogen-bond donors (Lipinski definition) is 1. The second-order valence-electron chi connectivity index (χ2n) is 8.35. The molecule has 31 heavy (non-hydrogen) atoms. The summed E-state index contributed by atoms with van der Waals surface area (Å²) in [5.41, 5.74) is 1.34. The van der Waals surface area contributed by atoms with Crippen molar-refractivity contribution in [3.63, 3.8) is 0 Å². The molecule has 3 heterocycles. The molecule has 0 amide bonds. The minimum Gasteiger partial charge on any atom is -0.469 e. The van der Waals surface area contributed by atoms with E-state index in [1.54, 1.807) is 6.26 Å². The number of nitrogens with zero attached hydrogens (tertiary/aromatic N) is 2. The van der Waals surface area contributed by atoms with Crippen LogP contribution in [0, 0.1) is 0 Å². The van der Waals surface area contributed by atoms with Gasteiger partial charge in [-0.05, 0) is 49.8 Å². The Balaban J connectivity index is 1.26. The summed E-state index contributed by atoms with van der Waals surface area (Å²) in [5.74, 6) is 1.98. The van der Waals surface area contributed by atoms with Crippen LogP contribution < -0.4 is 5.32 Å². The van der Waals surface area contributed by atoms with E-state index in [1.807, 2.05) is 12.1 Å². The van der Waals surface area contributed by atoms with Crippen molar-refractivity contribution in [1.82, 2.24) is 10.2 Å². The van der Waals surface area contributed by atoms with Crippen LogP contribution in [-0.2, 0) is 22.3 Å². The SMILES string of the molecule is c1ccc(CCNC(=NCCc2ccco2)N2CCC(OCC3CCCO3)CC2)cc1. The molecule has 1 atom stereocenters. The van der Waals surface area contributed by atoms with Gasteiger partial charge in [-0.2, -0.15) is 0 Å². The fraction of sp³-hybridized carbons (Fsp3) is 0.560. The predicted octanol–water partition coefficient (Wildman–Crippen LogP) is 3.67. The zero-order chi connectivity index (χ0) is 21.1. The van der Waals surface area contributed by atoms with Crippen LogP contribution >= 0.6 is 0 Å². The number of hydrogen-bond acceptors (Lipinski definition) is 4. The molecule has 4 rings (SSSR count). The molecule has 1 aromatic carbocycles. The molecule has 1 N–H and O–H groups in total. The van der Waals surface area contributed by atoms with Gasteiger partial charge in [-0.3, -0.25) is 4.99 Å². The van der Waals surface area contributed by atoms with Crippen LogP contribution in [0.25, 0.3) is 0 Å². The molecule has 1 aromatic heterocycles. The quantitative estimate of drug-likeness (QED) is 0.491. The number of benzene rings is 1. The van der Waals surface area contributed by atoms with Gasteiger partial charge in [-0.15, -0.1) is 0 Å². The summed E-state index contributed by atoms with van der Waals surface area (Å²) in [6.45, 7) is 5.15. The number of likely N-dealkylation sites (tertiary alicyclic amines) is 1. The molecule has 1 unspecified atom stereocenters. The van der Waals surface area contributed by atoms with Crippen LogP contribution in [0.4, 0.5) is 0 Å². The Kier molecular flexibility index (Phi) is 8.42. The minimum absolute atomic E-state index is 0.302. The standard InChI is InChI=1S/C25H35N3O3/c1-2-6-21(7-3-1)10-14-26-25(27-15-11-22-8-4-18-29-22)28-16-12-23(13-17-28)31-20-24-9-5-19-30-24/h1-4,6-8,18,23-24H,5,9-17,19-20H2,(H,26,27). The first-order chi connectivity index (χ1) is 15.4. The highest BCUT2D eigenvalue weighted by Crippen LogP contribution is 2.18. The highest BCUT2D eigenvalue weighted by atomic mass is 16.5. The van der Waals surface area contributed by atoms with Crippen LogP contribution in [0.5, 0.6) is 0 Å². The van der Waals surface area contributed by atoms with Crippen LogP contribution in [0.3, 0.4) is 0 Å². The number of furan rings is 1. The molecule has 2 aromatic rings. The molecule has 6 nitrogen and oxygen atoms in total. The molecule has 6 heteroatoms. The Morgan fingerprint density at radius 3 is 2.68 bits per heavy atom. The topological polar surface area (TPSA) is 59.2 Å². The van der Waals surface area contributed by atoms with Gasteiger partial charge in [0.15, 0.2) is 5.96 Å². The van der Waals surface area contributed by atoms with E-state index in [-0.39, 0.29) is 0 Å². The first-order valence-electron chi connectivity index (χ1n) is 11.7. The molecule has 2 fully saturated rings. The van der Waals surface area contributed by atoms with E-state index in [2.05, 4.69) is 40.5 Å². The van der Waals surface area contributed by atoms with Crippen molar-refractivity contribution in [2.24, 2.45) is 4.99 Å². The van der Waals surface area contributed by atoms with Crippen molar-refractivity contribution in [2.75, 3.05) is 39.4 Å². The van der Waals surface area contributed by atoms with E-state index >= 15 is 0 Å². The second-order valence-corrected chi connectivity index (χ2v) is 8.35. The Hall–Kier alpha value is -2.31. The van der Waals surface area contributed by atoms with Crippen molar-refractivity contribution in [3.05, 3.63) is 60.1 Å². The fourth-order valence-corrected chi connectivity index (χ4v) is 4.21. The van der Waals surface area contributed by atoms with Gasteiger partial charge in [-0.25, -0.2) is 0 Å². The number of aliphatic imine (C=N–C) groups is 1. The van der Waals surface area contributed by atoms with E-state index in [9.17, 15) is 0 Å². The first-order valence-corrected chi connectivity index (χ1v) is 11.7. The fourth-order valence-electron chi connectivity index (χ4n) is 4.21. The second kappa shape index (κ2) is 11.9. The Morgan fingerprint density at radius 1 is 1.06 bits per heavy atom. The zero-order valence-electron chi connectivity index (χ0n) is 18.4. The van der Waals surface area contributed by atoms with Crippen molar-refractivity contribution < 1.29 is 13.9 Å². The third-order valence-corrected chi connectivity index (χ3v) is 6.02. The predicted molar refractivity (Wildman–Crippen MR) is 122 cm³/mol. The molecule has 0 saturated carbocycles. The lowest BCUT2D eigenvalue weighted by molar-refractivity contribution is -0.0367. The van der Waals surface area contributed by atoms with E-state index in [0.717, 1.165) is 83.2 Å². The summed E-state index contributed by atoms with van der Waals surface area (Å²) in [6.07, 6.45) is 8.52. The molecule has 168 valence electrons. The zero-order valence-corrected chi connectivity index (χ0v) is 18.4. The molecule has 2 saturated heterocycles. The van der Waals surface area contributed by atoms with E-state index in [4.69, 9.17) is 18.9 Å². The lowest BCUT2D eigenvalue weighted by Crippen LogP contribution is -2.47. The highest BCUT2D eigenvalue weighted by molar-refractivity contribution is 5.80. The molecular formula is C25H35N3O3. The molecule has 2 aliphatic heterocycles. The smallest absolute Gasteiger partial charge is 0.193 e. The molecule has 0 aliphatic carbocycles. The van der Waals surface area contributed by atoms with Gasteiger partial charge in [0.25, 0.3) is 0 Å². The summed E-state index contributed by atoms with van der Waals surface area (Å²) in [5, 5.41) is 3.59. The van der Waals surface area contributed by atoms with Gasteiger partial charge in [0, 0.05) is 39.2 Å². The number of guanidine groups is 1. The third kappa shape index (κ3) is 7.11. The van der Waals surface area contributed by atoms with Crippen LogP contribution in [0.1, 0.15) is 37.0 Å². The van der Waals surface area contributed by atoms with E-state index < -0.39 is 0 Å². The summed E-state index contributed by atoms with van der Waals surface area (Å²) in [6, 6.07) is 14.5. The Labute approximate surface area is 185 Å². The number of piperidine rings is 1. The maximum absolute atomic E-state index is 6.14. The first kappa shape index (κ1) is 21.9. The van der Waals surface area contributed by atoms with Crippen molar-refractivity contribution in [2.45, 2.75) is 50.7 Å². The largest absolute Gasteiger partial charge is 0.469 e. The normalized spacial score (nSPS) is 20.3. The van der Waals surface area contributed by atoms with Gasteiger partial charge >= 0.3 is 0 Å². The maximum atomic E-state index is 6.14. The highest BCUT2D eigenvalue weighted by Gasteiger charge is 2.24. The minimum atomic E-state index is 0.302. The average molecular weight is 426 g/mol. The lowest BCUT2D eigenvalue weighted by Gasteiger charge is -2.34. The molecule has 0 bridgehead atoms. The molecule has 0 radical (unpaired) electrons. The lowest BCUT2D eigenvalue weighted by atomic mass is 10.1. The van der Waals surface area contributed by atoms with Crippen molar-refractivity contribution >= 4 is 5.96 Å². The summed E-state index contributed by atoms with van der Waals surface area (Å²) >= 11 is 0. The summed E-state index contributed by atoms with van der Waals surface area (Å²) in [4.78, 5) is 7.27. The maximum Gasteiger partial charge on any atom is 0.193 e. The Morgan fingerprint density at radius 2 is 1.94 bits per heavy atom. The van der Waals surface area contributed by atoms with Crippen LogP contribution in [-0.4, -0.2) is 62.5 Å². The van der Waals surface area contributed by atoms with Crippen molar-refractivity contribution in [3.8, 4) is 0 Å². The van der Waals surface area contributed by atoms with E-state index in [1.165, 1.54) is 12.0 Å². The van der Waals surface area contributed by atoms with Crippen LogP contribution in [0.2, 0.25) is 0 Å². The number of rotatable bonds is 9. The van der Waals surface area contributed by atoms with Crippen molar-refractivity contribution in [1.29, 1.82) is 0 Å².